The lowest BCUT2D eigenvalue weighted by atomic mass is 9.92. The number of H-pyrrole nitrogens is 1. The van der Waals surface area contributed by atoms with Gasteiger partial charge in [-0.1, -0.05) is 0 Å². The number of hydrogen-bond acceptors (Lipinski definition) is 5. The largest absolute Gasteiger partial charge is 0.378 e. The van der Waals surface area contributed by atoms with Gasteiger partial charge in [-0.2, -0.15) is 0 Å². The average Bonchev–Trinajstić information content (AvgIpc) is 2.79. The lowest BCUT2D eigenvalue weighted by Crippen LogP contribution is -2.53. The van der Waals surface area contributed by atoms with Gasteiger partial charge in [0, 0.05) is 51.0 Å². The molecule has 0 bridgehead atoms. The molecule has 0 aliphatic carbocycles. The lowest BCUT2D eigenvalue weighted by Gasteiger charge is -2.43. The summed E-state index contributed by atoms with van der Waals surface area (Å²) in [6, 6.07) is 3.40. The van der Waals surface area contributed by atoms with Gasteiger partial charge >= 0.3 is 0 Å². The van der Waals surface area contributed by atoms with Crippen LogP contribution in [0.1, 0.15) is 36.0 Å². The lowest BCUT2D eigenvalue weighted by molar-refractivity contribution is -0.141. The number of likely N-dealkylation sites (tertiary alicyclic amines) is 2. The third-order valence-electron chi connectivity index (χ3n) is 6.42. The van der Waals surface area contributed by atoms with E-state index in [9.17, 15) is 14.4 Å². The second-order valence-electron chi connectivity index (χ2n) is 8.24. The molecule has 8 heteroatoms. The molecule has 158 valence electrons. The Morgan fingerprint density at radius 2 is 1.72 bits per heavy atom. The molecule has 0 unspecified atom stereocenters. The van der Waals surface area contributed by atoms with Crippen molar-refractivity contribution in [1.82, 2.24) is 19.7 Å². The number of amides is 2. The number of pyridine rings is 1. The molecule has 0 radical (unpaired) electrons. The number of hydrogen-bond donors (Lipinski definition) is 1. The van der Waals surface area contributed by atoms with Crippen LogP contribution in [0.2, 0.25) is 0 Å². The first-order chi connectivity index (χ1) is 14.1. The predicted molar refractivity (Wildman–Crippen MR) is 108 cm³/mol. The van der Waals surface area contributed by atoms with E-state index in [2.05, 4.69) is 9.88 Å². The smallest absolute Gasteiger partial charge is 0.255 e. The fourth-order valence-corrected chi connectivity index (χ4v) is 4.74. The molecule has 3 aliphatic rings. The molecule has 3 saturated heterocycles. The van der Waals surface area contributed by atoms with Crippen LogP contribution in [0.3, 0.4) is 0 Å². The Labute approximate surface area is 170 Å². The number of aromatic amines is 1. The van der Waals surface area contributed by atoms with E-state index < -0.39 is 0 Å². The molecule has 1 N–H and O–H groups in total. The molecule has 2 amide bonds. The highest BCUT2D eigenvalue weighted by atomic mass is 16.5. The average molecular weight is 402 g/mol. The van der Waals surface area contributed by atoms with Gasteiger partial charge in [0.15, 0.2) is 0 Å². The summed E-state index contributed by atoms with van der Waals surface area (Å²) in [6.07, 6.45) is 5.36. The minimum absolute atomic E-state index is 0.0290. The summed E-state index contributed by atoms with van der Waals surface area (Å²) in [5, 5.41) is 0. The number of piperidine rings is 2. The van der Waals surface area contributed by atoms with E-state index >= 15 is 0 Å². The summed E-state index contributed by atoms with van der Waals surface area (Å²) >= 11 is 0. The van der Waals surface area contributed by atoms with Crippen molar-refractivity contribution in [1.29, 1.82) is 0 Å². The van der Waals surface area contributed by atoms with Crippen molar-refractivity contribution >= 4 is 11.8 Å². The maximum Gasteiger partial charge on any atom is 0.255 e. The first-order valence-corrected chi connectivity index (χ1v) is 10.7. The molecule has 0 aromatic carbocycles. The normalized spacial score (nSPS) is 24.5. The minimum Gasteiger partial charge on any atom is -0.378 e. The van der Waals surface area contributed by atoms with Crippen LogP contribution in [-0.4, -0.2) is 90.0 Å². The van der Waals surface area contributed by atoms with Crippen LogP contribution >= 0.6 is 0 Å². The molecule has 1 atom stereocenters. The Hall–Kier alpha value is -2.19. The minimum atomic E-state index is -0.202. The molecule has 4 rings (SSSR count). The van der Waals surface area contributed by atoms with Gasteiger partial charge in [0.05, 0.1) is 24.7 Å². The zero-order valence-corrected chi connectivity index (χ0v) is 16.8. The number of nitrogens with one attached hydrogen (secondary N) is 1. The van der Waals surface area contributed by atoms with Crippen molar-refractivity contribution in [3.8, 4) is 0 Å². The van der Waals surface area contributed by atoms with Crippen LogP contribution in [0.4, 0.5) is 0 Å². The van der Waals surface area contributed by atoms with Crippen LogP contribution in [0.15, 0.2) is 23.1 Å². The summed E-state index contributed by atoms with van der Waals surface area (Å²) in [5.41, 5.74) is 0.323. The predicted octanol–water partition coefficient (Wildman–Crippen LogP) is 0.550. The standard InChI is InChI=1S/C21H30N4O4/c26-19-4-3-16(14-22-19)20(27)23-8-5-18(6-9-23)25-7-1-2-17(15-25)21(28)24-10-12-29-13-11-24/h3-4,14,17-18H,1-2,5-13,15H2,(H,22,26)/t17-/m1/s1. The van der Waals surface area contributed by atoms with E-state index in [0.29, 0.717) is 51.0 Å². The van der Waals surface area contributed by atoms with Gasteiger partial charge in [-0.3, -0.25) is 19.3 Å². The number of nitrogens with zero attached hydrogens (tertiary/aromatic N) is 3. The molecular formula is C21H30N4O4. The molecular weight excluding hydrogens is 372 g/mol. The Bertz CT molecular complexity index is 761. The van der Waals surface area contributed by atoms with Crippen LogP contribution in [-0.2, 0) is 9.53 Å². The second-order valence-corrected chi connectivity index (χ2v) is 8.24. The second kappa shape index (κ2) is 9.09. The number of aromatic nitrogens is 1. The topological polar surface area (TPSA) is 86.0 Å². The van der Waals surface area contributed by atoms with Crippen molar-refractivity contribution in [2.45, 2.75) is 31.7 Å². The Balaban J connectivity index is 1.30. The monoisotopic (exact) mass is 402 g/mol. The van der Waals surface area contributed by atoms with Crippen LogP contribution in [0, 0.1) is 5.92 Å². The van der Waals surface area contributed by atoms with Crippen molar-refractivity contribution in [3.63, 3.8) is 0 Å². The van der Waals surface area contributed by atoms with Gasteiger partial charge in [0.25, 0.3) is 5.91 Å². The van der Waals surface area contributed by atoms with E-state index in [1.165, 1.54) is 12.3 Å². The summed E-state index contributed by atoms with van der Waals surface area (Å²) in [6.45, 7) is 5.98. The van der Waals surface area contributed by atoms with Gasteiger partial charge in [-0.05, 0) is 38.3 Å². The van der Waals surface area contributed by atoms with Crippen LogP contribution < -0.4 is 5.56 Å². The van der Waals surface area contributed by atoms with Crippen LogP contribution in [0.25, 0.3) is 0 Å². The van der Waals surface area contributed by atoms with Crippen molar-refractivity contribution < 1.29 is 14.3 Å². The van der Waals surface area contributed by atoms with E-state index in [4.69, 9.17) is 4.74 Å². The SMILES string of the molecule is O=C(c1ccc(=O)[nH]c1)N1CCC(N2CCC[C@@H](C(=O)N3CCOCC3)C2)CC1. The van der Waals surface area contributed by atoms with E-state index in [1.54, 1.807) is 6.07 Å². The van der Waals surface area contributed by atoms with Crippen molar-refractivity contribution in [3.05, 3.63) is 34.2 Å². The van der Waals surface area contributed by atoms with Gasteiger partial charge in [0.2, 0.25) is 11.5 Å². The molecule has 0 saturated carbocycles. The Morgan fingerprint density at radius 1 is 0.966 bits per heavy atom. The first kappa shape index (κ1) is 20.1. The molecule has 29 heavy (non-hydrogen) atoms. The summed E-state index contributed by atoms with van der Waals surface area (Å²) in [7, 11) is 0. The van der Waals surface area contributed by atoms with Gasteiger partial charge in [-0.15, -0.1) is 0 Å². The summed E-state index contributed by atoms with van der Waals surface area (Å²) < 4.78 is 5.37. The zero-order valence-electron chi connectivity index (χ0n) is 16.8. The molecule has 4 heterocycles. The van der Waals surface area contributed by atoms with Crippen molar-refractivity contribution in [2.24, 2.45) is 5.92 Å². The summed E-state index contributed by atoms with van der Waals surface area (Å²) in [5.74, 6) is 0.338. The molecule has 3 fully saturated rings. The Kier molecular flexibility index (Phi) is 6.30. The maximum atomic E-state index is 12.9. The molecule has 1 aromatic rings. The van der Waals surface area contributed by atoms with Gasteiger partial charge < -0.3 is 19.5 Å². The molecule has 3 aliphatic heterocycles. The fourth-order valence-electron chi connectivity index (χ4n) is 4.74. The number of morpholine rings is 1. The first-order valence-electron chi connectivity index (χ1n) is 10.7. The molecule has 8 nitrogen and oxygen atoms in total. The third-order valence-corrected chi connectivity index (χ3v) is 6.42. The highest BCUT2D eigenvalue weighted by Gasteiger charge is 2.34. The quantitative estimate of drug-likeness (QED) is 0.798. The highest BCUT2D eigenvalue weighted by Crippen LogP contribution is 2.26. The molecule has 0 spiro atoms. The van der Waals surface area contributed by atoms with E-state index in [0.717, 1.165) is 38.8 Å². The van der Waals surface area contributed by atoms with E-state index in [1.807, 2.05) is 9.80 Å². The number of ether oxygens (including phenoxy) is 1. The third kappa shape index (κ3) is 4.70. The van der Waals surface area contributed by atoms with Crippen molar-refractivity contribution in [2.75, 3.05) is 52.5 Å². The Morgan fingerprint density at radius 3 is 2.41 bits per heavy atom. The van der Waals surface area contributed by atoms with Gasteiger partial charge in [0.1, 0.15) is 0 Å². The number of carbonyl (C=O) groups excluding carboxylic acids is 2. The summed E-state index contributed by atoms with van der Waals surface area (Å²) in [4.78, 5) is 45.6. The fraction of sp³-hybridized carbons (Fsp3) is 0.667. The van der Waals surface area contributed by atoms with E-state index in [-0.39, 0.29) is 23.3 Å². The van der Waals surface area contributed by atoms with Crippen LogP contribution in [0.5, 0.6) is 0 Å². The number of carbonyl (C=O) groups is 2. The number of rotatable bonds is 3. The highest BCUT2D eigenvalue weighted by molar-refractivity contribution is 5.93. The zero-order chi connectivity index (χ0) is 20.2. The molecule has 1 aromatic heterocycles. The van der Waals surface area contributed by atoms with Gasteiger partial charge in [-0.25, -0.2) is 0 Å². The maximum absolute atomic E-state index is 12.9.